The molecule has 6 atom stereocenters. The largest absolute Gasteiger partial charge is 0.311 e. The van der Waals surface area contributed by atoms with Crippen molar-refractivity contribution < 1.29 is 0 Å². The molecule has 4 rings (SSSR count). The first-order valence-corrected chi connectivity index (χ1v) is 9.66. The van der Waals surface area contributed by atoms with Gasteiger partial charge in [0.05, 0.1) is 0 Å². The highest BCUT2D eigenvalue weighted by molar-refractivity contribution is 4.94. The van der Waals surface area contributed by atoms with Gasteiger partial charge in [0.25, 0.3) is 0 Å². The summed E-state index contributed by atoms with van der Waals surface area (Å²) in [5, 5.41) is 4.12. The molecule has 1 aliphatic heterocycles. The molecule has 6 unspecified atom stereocenters. The van der Waals surface area contributed by atoms with Crippen molar-refractivity contribution >= 4 is 0 Å². The highest BCUT2D eigenvalue weighted by Gasteiger charge is 2.39. The van der Waals surface area contributed by atoms with Gasteiger partial charge < -0.3 is 5.32 Å². The Labute approximate surface area is 125 Å². The first-order valence-electron chi connectivity index (χ1n) is 9.66. The lowest BCUT2D eigenvalue weighted by molar-refractivity contribution is 0.0764. The molecule has 0 aromatic carbocycles. The van der Waals surface area contributed by atoms with Crippen molar-refractivity contribution in [2.75, 3.05) is 0 Å². The lowest BCUT2D eigenvalue weighted by atomic mass is 9.64. The fraction of sp³-hybridized carbons (Fsp3) is 1.00. The zero-order valence-electron chi connectivity index (χ0n) is 13.2. The van der Waals surface area contributed by atoms with Crippen molar-refractivity contribution in [3.8, 4) is 0 Å². The molecule has 4 aliphatic rings. The molecule has 1 heterocycles. The number of hydrogen-bond acceptors (Lipinski definition) is 1. The maximum absolute atomic E-state index is 4.12. The summed E-state index contributed by atoms with van der Waals surface area (Å²) in [5.41, 5.74) is 0. The van der Waals surface area contributed by atoms with Gasteiger partial charge >= 0.3 is 0 Å². The highest BCUT2D eigenvalue weighted by Crippen LogP contribution is 2.45. The minimum absolute atomic E-state index is 0.886. The molecule has 0 aromatic heterocycles. The van der Waals surface area contributed by atoms with Crippen LogP contribution in [0.15, 0.2) is 0 Å². The third-order valence-corrected chi connectivity index (χ3v) is 7.33. The van der Waals surface area contributed by atoms with Gasteiger partial charge in [0.2, 0.25) is 0 Å². The van der Waals surface area contributed by atoms with Gasteiger partial charge in [-0.05, 0) is 68.6 Å². The van der Waals surface area contributed by atoms with Crippen LogP contribution in [0.25, 0.3) is 0 Å². The fourth-order valence-electron chi connectivity index (χ4n) is 6.17. The standard InChI is InChI=1S/C19H33N/c1-2-7-16-13-17(10-9-14(16)5-1)19-12-11-15-6-3-4-8-18(15)20-19/h14-20H,1-13H2. The average Bonchev–Trinajstić information content (AvgIpc) is 2.54. The summed E-state index contributed by atoms with van der Waals surface area (Å²) in [4.78, 5) is 0. The predicted octanol–water partition coefficient (Wildman–Crippen LogP) is 4.90. The molecule has 0 aromatic rings. The molecule has 3 saturated carbocycles. The van der Waals surface area contributed by atoms with Gasteiger partial charge in [-0.15, -0.1) is 0 Å². The third kappa shape index (κ3) is 2.67. The Morgan fingerprint density at radius 2 is 1.05 bits per heavy atom. The van der Waals surface area contributed by atoms with E-state index in [2.05, 4.69) is 5.32 Å². The molecule has 4 fully saturated rings. The maximum Gasteiger partial charge on any atom is 0.00982 e. The Morgan fingerprint density at radius 1 is 0.450 bits per heavy atom. The zero-order chi connectivity index (χ0) is 13.4. The van der Waals surface area contributed by atoms with Crippen LogP contribution in [0.5, 0.6) is 0 Å². The van der Waals surface area contributed by atoms with E-state index in [1.807, 2.05) is 0 Å². The van der Waals surface area contributed by atoms with Crippen molar-refractivity contribution in [1.82, 2.24) is 5.32 Å². The lowest BCUT2D eigenvalue weighted by Gasteiger charge is -2.47. The van der Waals surface area contributed by atoms with Gasteiger partial charge in [0.15, 0.2) is 0 Å². The Bertz CT molecular complexity index is 294. The van der Waals surface area contributed by atoms with Gasteiger partial charge in [-0.3, -0.25) is 0 Å². The summed E-state index contributed by atoms with van der Waals surface area (Å²) in [6.07, 6.45) is 19.8. The van der Waals surface area contributed by atoms with Crippen molar-refractivity contribution in [2.24, 2.45) is 23.7 Å². The smallest absolute Gasteiger partial charge is 0.00982 e. The summed E-state index contributed by atoms with van der Waals surface area (Å²) in [6.45, 7) is 0. The number of hydrogen-bond donors (Lipinski definition) is 1. The Balaban J connectivity index is 1.36. The highest BCUT2D eigenvalue weighted by atomic mass is 15.0. The summed E-state index contributed by atoms with van der Waals surface area (Å²) in [6, 6.07) is 1.78. The van der Waals surface area contributed by atoms with Crippen LogP contribution >= 0.6 is 0 Å². The molecule has 114 valence electrons. The SMILES string of the molecule is C1CCC2CC(C3CCC4CCCCC4N3)CCC2C1. The molecule has 1 heteroatoms. The molecule has 0 amide bonds. The first kappa shape index (κ1) is 13.6. The molecule has 0 radical (unpaired) electrons. The molecule has 0 spiro atoms. The van der Waals surface area contributed by atoms with Gasteiger partial charge in [-0.25, -0.2) is 0 Å². The minimum atomic E-state index is 0.886. The molecular weight excluding hydrogens is 242 g/mol. The van der Waals surface area contributed by atoms with Crippen LogP contribution in [0.1, 0.15) is 83.5 Å². The molecule has 1 saturated heterocycles. The summed E-state index contributed by atoms with van der Waals surface area (Å²) in [5.74, 6) is 4.28. The number of fused-ring (bicyclic) bond motifs is 2. The van der Waals surface area contributed by atoms with Crippen molar-refractivity contribution in [1.29, 1.82) is 0 Å². The van der Waals surface area contributed by atoms with E-state index >= 15 is 0 Å². The second kappa shape index (κ2) is 5.99. The second-order valence-corrected chi connectivity index (χ2v) is 8.38. The van der Waals surface area contributed by atoms with Gasteiger partial charge in [0.1, 0.15) is 0 Å². The third-order valence-electron chi connectivity index (χ3n) is 7.33. The van der Waals surface area contributed by atoms with Gasteiger partial charge in [0, 0.05) is 12.1 Å². The van der Waals surface area contributed by atoms with Crippen LogP contribution in [0.3, 0.4) is 0 Å². The van der Waals surface area contributed by atoms with Crippen LogP contribution in [-0.2, 0) is 0 Å². The topological polar surface area (TPSA) is 12.0 Å². The zero-order valence-corrected chi connectivity index (χ0v) is 13.2. The summed E-state index contributed by atoms with van der Waals surface area (Å²) in [7, 11) is 0. The number of rotatable bonds is 1. The fourth-order valence-corrected chi connectivity index (χ4v) is 6.17. The predicted molar refractivity (Wildman–Crippen MR) is 84.7 cm³/mol. The van der Waals surface area contributed by atoms with E-state index in [0.29, 0.717) is 0 Å². The minimum Gasteiger partial charge on any atom is -0.311 e. The van der Waals surface area contributed by atoms with Crippen molar-refractivity contribution in [2.45, 2.75) is 95.6 Å². The molecule has 1 N–H and O–H groups in total. The molecular formula is C19H33N. The van der Waals surface area contributed by atoms with Crippen LogP contribution in [0, 0.1) is 23.7 Å². The van der Waals surface area contributed by atoms with Crippen molar-refractivity contribution in [3.05, 3.63) is 0 Å². The summed E-state index contributed by atoms with van der Waals surface area (Å²) >= 11 is 0. The first-order chi connectivity index (χ1) is 9.90. The lowest BCUT2D eigenvalue weighted by Crippen LogP contribution is -2.52. The van der Waals surface area contributed by atoms with Gasteiger partial charge in [-0.2, -0.15) is 0 Å². The number of nitrogens with one attached hydrogen (secondary N) is 1. The molecule has 20 heavy (non-hydrogen) atoms. The molecule has 0 bridgehead atoms. The van der Waals surface area contributed by atoms with E-state index in [0.717, 1.165) is 35.8 Å². The maximum atomic E-state index is 4.12. The van der Waals surface area contributed by atoms with Crippen LogP contribution in [-0.4, -0.2) is 12.1 Å². The van der Waals surface area contributed by atoms with Crippen LogP contribution in [0.4, 0.5) is 0 Å². The number of piperidine rings is 1. The normalized spacial score (nSPS) is 49.2. The van der Waals surface area contributed by atoms with Gasteiger partial charge in [-0.1, -0.05) is 38.5 Å². The molecule has 1 nitrogen and oxygen atoms in total. The van der Waals surface area contributed by atoms with E-state index in [1.54, 1.807) is 25.7 Å². The summed E-state index contributed by atoms with van der Waals surface area (Å²) < 4.78 is 0. The van der Waals surface area contributed by atoms with E-state index in [-0.39, 0.29) is 0 Å². The van der Waals surface area contributed by atoms with E-state index in [4.69, 9.17) is 0 Å². The van der Waals surface area contributed by atoms with E-state index < -0.39 is 0 Å². The molecule has 3 aliphatic carbocycles. The van der Waals surface area contributed by atoms with E-state index in [1.165, 1.54) is 57.8 Å². The van der Waals surface area contributed by atoms with Crippen molar-refractivity contribution in [3.63, 3.8) is 0 Å². The quantitative estimate of drug-likeness (QED) is 0.717. The Hall–Kier alpha value is -0.0400. The van der Waals surface area contributed by atoms with Crippen LogP contribution in [0.2, 0.25) is 0 Å². The monoisotopic (exact) mass is 275 g/mol. The van der Waals surface area contributed by atoms with Crippen LogP contribution < -0.4 is 5.32 Å². The second-order valence-electron chi connectivity index (χ2n) is 8.38. The average molecular weight is 275 g/mol. The Kier molecular flexibility index (Phi) is 4.07. The van der Waals surface area contributed by atoms with E-state index in [9.17, 15) is 0 Å². The Morgan fingerprint density at radius 3 is 1.95 bits per heavy atom.